The second kappa shape index (κ2) is 7.50. The highest BCUT2D eigenvalue weighted by Crippen LogP contribution is 2.21. The van der Waals surface area contributed by atoms with Gasteiger partial charge >= 0.3 is 0 Å². The van der Waals surface area contributed by atoms with Gasteiger partial charge in [0.15, 0.2) is 6.67 Å². The van der Waals surface area contributed by atoms with Crippen LogP contribution >= 0.6 is 0 Å². The van der Waals surface area contributed by atoms with Gasteiger partial charge in [0.2, 0.25) is 0 Å². The summed E-state index contributed by atoms with van der Waals surface area (Å²) in [7, 11) is 2.00. The van der Waals surface area contributed by atoms with Gasteiger partial charge in [-0.15, -0.1) is 0 Å². The third-order valence-electron chi connectivity index (χ3n) is 5.12. The van der Waals surface area contributed by atoms with E-state index in [4.69, 9.17) is 4.74 Å². The van der Waals surface area contributed by atoms with Crippen molar-refractivity contribution in [2.45, 2.75) is 6.54 Å². The number of nitrogens with zero attached hydrogens (tertiary/aromatic N) is 2. The lowest BCUT2D eigenvalue weighted by molar-refractivity contribution is -0.901. The van der Waals surface area contributed by atoms with Crippen LogP contribution < -0.4 is 9.80 Å². The molecule has 1 N–H and O–H groups in total. The summed E-state index contributed by atoms with van der Waals surface area (Å²) in [5.74, 6) is -0.393. The molecule has 0 saturated carbocycles. The normalized spacial score (nSPS) is 18.0. The average molecular weight is 366 g/mol. The highest BCUT2D eigenvalue weighted by atomic mass is 16.5. The van der Waals surface area contributed by atoms with Crippen LogP contribution in [-0.2, 0) is 11.3 Å². The maximum atomic E-state index is 12.5. The van der Waals surface area contributed by atoms with Crippen LogP contribution in [0, 0.1) is 0 Å². The average Bonchev–Trinajstić information content (AvgIpc) is 2.94. The molecule has 0 spiro atoms. The first-order valence-electron chi connectivity index (χ1n) is 9.31. The van der Waals surface area contributed by atoms with Gasteiger partial charge in [0.25, 0.3) is 11.8 Å². The lowest BCUT2D eigenvalue weighted by Gasteiger charge is -2.29. The molecule has 27 heavy (non-hydrogen) atoms. The van der Waals surface area contributed by atoms with Gasteiger partial charge in [0.05, 0.1) is 31.4 Å². The topological polar surface area (TPSA) is 54.3 Å². The molecular weight excluding hydrogens is 342 g/mol. The van der Waals surface area contributed by atoms with Gasteiger partial charge in [0.1, 0.15) is 6.54 Å². The molecule has 2 amide bonds. The van der Waals surface area contributed by atoms with Crippen molar-refractivity contribution in [3.8, 4) is 0 Å². The molecular formula is C21H24N3O3+. The van der Waals surface area contributed by atoms with E-state index in [0.717, 1.165) is 37.7 Å². The Morgan fingerprint density at radius 2 is 1.52 bits per heavy atom. The molecule has 0 radical (unpaired) electrons. The first kappa shape index (κ1) is 17.7. The van der Waals surface area contributed by atoms with Crippen molar-refractivity contribution in [1.29, 1.82) is 0 Å². The Labute approximate surface area is 158 Å². The van der Waals surface area contributed by atoms with Gasteiger partial charge < -0.3 is 14.5 Å². The smallest absolute Gasteiger partial charge is 0.265 e. The Hall–Kier alpha value is -2.70. The zero-order valence-corrected chi connectivity index (χ0v) is 15.5. The Morgan fingerprint density at radius 1 is 0.926 bits per heavy atom. The van der Waals surface area contributed by atoms with Gasteiger partial charge in [-0.3, -0.25) is 9.59 Å². The second-order valence-electron chi connectivity index (χ2n) is 7.14. The summed E-state index contributed by atoms with van der Waals surface area (Å²) >= 11 is 0. The quantitative estimate of drug-likeness (QED) is 0.795. The fourth-order valence-corrected chi connectivity index (χ4v) is 3.70. The lowest BCUT2D eigenvalue weighted by atomic mass is 10.1. The van der Waals surface area contributed by atoms with Crippen LogP contribution in [0.5, 0.6) is 0 Å². The van der Waals surface area contributed by atoms with E-state index >= 15 is 0 Å². The summed E-state index contributed by atoms with van der Waals surface area (Å²) in [4.78, 5) is 29.7. The first-order chi connectivity index (χ1) is 13.1. The molecule has 4 rings (SSSR count). The Morgan fingerprint density at radius 3 is 2.11 bits per heavy atom. The maximum absolute atomic E-state index is 12.5. The van der Waals surface area contributed by atoms with Gasteiger partial charge in [-0.25, -0.2) is 4.90 Å². The van der Waals surface area contributed by atoms with E-state index in [0.29, 0.717) is 17.8 Å². The minimum Gasteiger partial charge on any atom is -0.378 e. The molecule has 2 aliphatic heterocycles. The van der Waals surface area contributed by atoms with Crippen LogP contribution in [0.4, 0.5) is 5.69 Å². The van der Waals surface area contributed by atoms with Crippen molar-refractivity contribution in [3.63, 3.8) is 0 Å². The summed E-state index contributed by atoms with van der Waals surface area (Å²) in [5, 5.41) is 0. The number of imide groups is 1. The molecule has 140 valence electrons. The van der Waals surface area contributed by atoms with E-state index < -0.39 is 0 Å². The van der Waals surface area contributed by atoms with Crippen molar-refractivity contribution in [1.82, 2.24) is 4.90 Å². The van der Waals surface area contributed by atoms with Crippen molar-refractivity contribution < 1.29 is 19.2 Å². The summed E-state index contributed by atoms with van der Waals surface area (Å²) in [6.07, 6.45) is 0. The Bertz CT molecular complexity index is 809. The molecule has 2 heterocycles. The number of benzene rings is 2. The zero-order chi connectivity index (χ0) is 18.8. The van der Waals surface area contributed by atoms with E-state index in [1.165, 1.54) is 16.2 Å². The van der Waals surface area contributed by atoms with Crippen LogP contribution in [0.25, 0.3) is 0 Å². The van der Waals surface area contributed by atoms with E-state index in [2.05, 4.69) is 29.2 Å². The number of carbonyl (C=O) groups is 2. The Balaban J connectivity index is 1.38. The zero-order valence-electron chi connectivity index (χ0n) is 15.5. The van der Waals surface area contributed by atoms with Crippen LogP contribution in [0.2, 0.25) is 0 Å². The lowest BCUT2D eigenvalue weighted by Crippen LogP contribution is -3.09. The molecule has 2 aromatic rings. The molecule has 2 aliphatic rings. The number of hydrogen-bond donors (Lipinski definition) is 1. The van der Waals surface area contributed by atoms with Crippen molar-refractivity contribution in [3.05, 3.63) is 65.2 Å². The van der Waals surface area contributed by atoms with Crippen LogP contribution in [0.15, 0.2) is 48.5 Å². The molecule has 0 aromatic heterocycles. The number of morpholine rings is 1. The number of ether oxygens (including phenoxy) is 1. The fraction of sp³-hybridized carbons (Fsp3) is 0.333. The SMILES string of the molecule is C[NH+](Cc1ccc(N2CCOCC2)cc1)CN1C(=O)c2ccccc2C1=O. The number of carbonyl (C=O) groups excluding carboxylic acids is 2. The molecule has 6 nitrogen and oxygen atoms in total. The highest BCUT2D eigenvalue weighted by Gasteiger charge is 2.36. The fourth-order valence-electron chi connectivity index (χ4n) is 3.70. The van der Waals surface area contributed by atoms with Crippen LogP contribution in [0.3, 0.4) is 0 Å². The molecule has 1 fully saturated rings. The second-order valence-corrected chi connectivity index (χ2v) is 7.14. The van der Waals surface area contributed by atoms with Crippen molar-refractivity contribution in [2.75, 3.05) is 44.9 Å². The standard InChI is InChI=1S/C21H23N3O3/c1-22(15-24-20(25)18-4-2-3-5-19(18)21(24)26)14-16-6-8-17(9-7-16)23-10-12-27-13-11-23/h2-9H,10-15H2,1H3/p+1. The van der Waals surface area contributed by atoms with Gasteiger partial charge in [-0.05, 0) is 24.3 Å². The largest absolute Gasteiger partial charge is 0.378 e. The molecule has 6 heteroatoms. The number of quaternary nitrogens is 1. The Kier molecular flexibility index (Phi) is 4.92. The highest BCUT2D eigenvalue weighted by molar-refractivity contribution is 6.21. The molecule has 0 aliphatic carbocycles. The van der Waals surface area contributed by atoms with E-state index in [1.807, 2.05) is 7.05 Å². The minimum atomic E-state index is -0.197. The number of amides is 2. The maximum Gasteiger partial charge on any atom is 0.265 e. The van der Waals surface area contributed by atoms with Crippen molar-refractivity contribution >= 4 is 17.5 Å². The summed E-state index contributed by atoms with van der Waals surface area (Å²) in [6.45, 7) is 4.49. The number of hydrogen-bond acceptors (Lipinski definition) is 4. The number of rotatable bonds is 5. The molecule has 1 unspecified atom stereocenters. The summed E-state index contributed by atoms with van der Waals surface area (Å²) < 4.78 is 5.40. The molecule has 1 saturated heterocycles. The van der Waals surface area contributed by atoms with E-state index in [1.54, 1.807) is 24.3 Å². The van der Waals surface area contributed by atoms with E-state index in [-0.39, 0.29) is 11.8 Å². The van der Waals surface area contributed by atoms with Gasteiger partial charge in [-0.1, -0.05) is 24.3 Å². The van der Waals surface area contributed by atoms with E-state index in [9.17, 15) is 9.59 Å². The number of fused-ring (bicyclic) bond motifs is 1. The molecule has 0 bridgehead atoms. The van der Waals surface area contributed by atoms with Gasteiger partial charge in [0, 0.05) is 24.3 Å². The number of nitrogens with one attached hydrogen (secondary N) is 1. The van der Waals surface area contributed by atoms with Crippen molar-refractivity contribution in [2.24, 2.45) is 0 Å². The predicted octanol–water partition coefficient (Wildman–Crippen LogP) is 0.792. The monoisotopic (exact) mass is 366 g/mol. The molecule has 1 atom stereocenters. The van der Waals surface area contributed by atoms with Crippen LogP contribution in [0.1, 0.15) is 26.3 Å². The third kappa shape index (κ3) is 3.59. The first-order valence-corrected chi connectivity index (χ1v) is 9.31. The van der Waals surface area contributed by atoms with Crippen LogP contribution in [-0.4, -0.2) is 56.7 Å². The summed E-state index contributed by atoms with van der Waals surface area (Å²) in [5.41, 5.74) is 3.40. The predicted molar refractivity (Wildman–Crippen MR) is 102 cm³/mol. The third-order valence-corrected chi connectivity index (χ3v) is 5.12. The van der Waals surface area contributed by atoms with Gasteiger partial charge in [-0.2, -0.15) is 0 Å². The minimum absolute atomic E-state index is 0.197. The molecule has 2 aromatic carbocycles. The summed E-state index contributed by atoms with van der Waals surface area (Å²) in [6, 6.07) is 15.5. The number of anilines is 1.